The van der Waals surface area contributed by atoms with Gasteiger partial charge in [0.05, 0.1) is 1.37 Å². The summed E-state index contributed by atoms with van der Waals surface area (Å²) in [5.74, 6) is 0.301. The van der Waals surface area contributed by atoms with Gasteiger partial charge >= 0.3 is 5.97 Å². The van der Waals surface area contributed by atoms with Crippen LogP contribution in [0, 0.1) is 13.8 Å². The van der Waals surface area contributed by atoms with Gasteiger partial charge in [-0.2, -0.15) is 0 Å². The Morgan fingerprint density at radius 1 is 1.50 bits per heavy atom. The minimum atomic E-state index is -0.315. The maximum Gasteiger partial charge on any atom is 0.308 e. The number of carbonyl (C=O) groups excluding carboxylic acids is 1. The van der Waals surface area contributed by atoms with Crippen LogP contribution in [0.3, 0.4) is 0 Å². The van der Waals surface area contributed by atoms with E-state index in [0.717, 1.165) is 16.7 Å². The highest BCUT2D eigenvalue weighted by molar-refractivity contribution is 5.71. The summed E-state index contributed by atoms with van der Waals surface area (Å²) < 4.78 is 12.1. The summed E-state index contributed by atoms with van der Waals surface area (Å²) in [5, 5.41) is 0. The van der Waals surface area contributed by atoms with Crippen molar-refractivity contribution in [2.45, 2.75) is 20.8 Å². The second-order valence-corrected chi connectivity index (χ2v) is 3.24. The maximum atomic E-state index is 10.9. The van der Waals surface area contributed by atoms with Crippen LogP contribution in [-0.2, 0) is 4.79 Å². The molecule has 0 aliphatic rings. The van der Waals surface area contributed by atoms with E-state index in [4.69, 9.17) is 6.11 Å². The standard InChI is InChI=1S/C12H14O2/c1-5-11-6-8(2)12(9(3)7-11)14-10(4)13/h5-7H,1H2,2-4H3/i1D. The Labute approximate surface area is 85.6 Å². The van der Waals surface area contributed by atoms with Crippen LogP contribution < -0.4 is 4.74 Å². The Balaban J connectivity index is 3.14. The van der Waals surface area contributed by atoms with Crippen LogP contribution in [0.2, 0.25) is 0 Å². The van der Waals surface area contributed by atoms with Gasteiger partial charge in [-0.05, 0) is 42.7 Å². The van der Waals surface area contributed by atoms with Gasteiger partial charge in [0, 0.05) is 6.92 Å². The Bertz CT molecular complexity index is 385. The first kappa shape index (κ1) is 9.00. The Kier molecular flexibility index (Phi) is 2.63. The molecule has 0 aromatic heterocycles. The third-order valence-corrected chi connectivity index (χ3v) is 1.92. The lowest BCUT2D eigenvalue weighted by atomic mass is 10.1. The Hall–Kier alpha value is -1.57. The van der Waals surface area contributed by atoms with E-state index in [0.29, 0.717) is 5.75 Å². The van der Waals surface area contributed by atoms with Crippen LogP contribution >= 0.6 is 0 Å². The molecule has 2 heteroatoms. The summed E-state index contributed by atoms with van der Waals surface area (Å²) in [6.07, 6.45) is 1.69. The predicted octanol–water partition coefficient (Wildman–Crippen LogP) is 2.87. The molecular formula is C12H14O2. The van der Waals surface area contributed by atoms with E-state index < -0.39 is 0 Å². The van der Waals surface area contributed by atoms with Crippen molar-refractivity contribution in [1.82, 2.24) is 0 Å². The van der Waals surface area contributed by atoms with Crippen molar-refractivity contribution in [2.75, 3.05) is 0 Å². The van der Waals surface area contributed by atoms with Crippen LogP contribution in [0.15, 0.2) is 18.7 Å². The zero-order chi connectivity index (χ0) is 11.4. The quantitative estimate of drug-likeness (QED) is 0.530. The first-order valence-electron chi connectivity index (χ1n) is 4.97. The molecule has 0 amide bonds. The fourth-order valence-corrected chi connectivity index (χ4v) is 1.38. The fourth-order valence-electron chi connectivity index (χ4n) is 1.38. The second kappa shape index (κ2) is 4.09. The number of hydrogen-bond donors (Lipinski definition) is 0. The number of aryl methyl sites for hydroxylation is 2. The van der Waals surface area contributed by atoms with Crippen LogP contribution in [0.4, 0.5) is 0 Å². The minimum absolute atomic E-state index is 0.315. The summed E-state index contributed by atoms with van der Waals surface area (Å²) in [6.45, 7) is 6.38. The van der Waals surface area contributed by atoms with E-state index in [1.54, 1.807) is 6.08 Å². The number of benzene rings is 1. The van der Waals surface area contributed by atoms with Crippen LogP contribution in [0.5, 0.6) is 5.75 Å². The summed E-state index contributed by atoms with van der Waals surface area (Å²) in [7, 11) is 0. The van der Waals surface area contributed by atoms with Gasteiger partial charge in [0.15, 0.2) is 0 Å². The Morgan fingerprint density at radius 3 is 2.50 bits per heavy atom. The van der Waals surface area contributed by atoms with E-state index in [1.807, 2.05) is 26.0 Å². The van der Waals surface area contributed by atoms with Gasteiger partial charge in [-0.25, -0.2) is 0 Å². The summed E-state index contributed by atoms with van der Waals surface area (Å²) in [5.41, 5.74) is 2.74. The molecule has 1 aromatic rings. The van der Waals surface area contributed by atoms with E-state index >= 15 is 0 Å². The largest absolute Gasteiger partial charge is 0.426 e. The molecule has 0 aliphatic heterocycles. The SMILES string of the molecule is [2H]C=Cc1cc(C)c(OC(C)=O)c(C)c1. The molecule has 74 valence electrons. The maximum absolute atomic E-state index is 10.9. The zero-order valence-corrected chi connectivity index (χ0v) is 8.63. The number of hydrogen-bond acceptors (Lipinski definition) is 2. The highest BCUT2D eigenvalue weighted by Gasteiger charge is 2.07. The molecule has 14 heavy (non-hydrogen) atoms. The highest BCUT2D eigenvalue weighted by Crippen LogP contribution is 2.25. The van der Waals surface area contributed by atoms with Crippen molar-refractivity contribution in [3.8, 4) is 5.75 Å². The highest BCUT2D eigenvalue weighted by atomic mass is 16.5. The molecule has 0 saturated heterocycles. The summed E-state index contributed by atoms with van der Waals surface area (Å²) in [4.78, 5) is 10.9. The second-order valence-electron chi connectivity index (χ2n) is 3.24. The van der Waals surface area contributed by atoms with Gasteiger partial charge in [0.2, 0.25) is 0 Å². The fraction of sp³-hybridized carbons (Fsp3) is 0.250. The van der Waals surface area contributed by atoms with E-state index in [2.05, 4.69) is 0 Å². The monoisotopic (exact) mass is 191 g/mol. The molecule has 0 unspecified atom stereocenters. The third-order valence-electron chi connectivity index (χ3n) is 1.92. The average molecular weight is 191 g/mol. The molecule has 0 radical (unpaired) electrons. The molecule has 0 spiro atoms. The molecule has 1 rings (SSSR count). The Morgan fingerprint density at radius 2 is 2.07 bits per heavy atom. The van der Waals surface area contributed by atoms with Gasteiger partial charge in [-0.1, -0.05) is 12.6 Å². The van der Waals surface area contributed by atoms with Gasteiger partial charge in [0.1, 0.15) is 5.75 Å². The molecule has 0 bridgehead atoms. The van der Waals surface area contributed by atoms with Crippen molar-refractivity contribution >= 4 is 12.0 Å². The molecule has 0 N–H and O–H groups in total. The van der Waals surface area contributed by atoms with E-state index in [9.17, 15) is 4.79 Å². The van der Waals surface area contributed by atoms with Crippen LogP contribution in [0.1, 0.15) is 25.0 Å². The normalized spacial score (nSPS) is 11.5. The topological polar surface area (TPSA) is 26.3 Å². The number of esters is 1. The van der Waals surface area contributed by atoms with Crippen LogP contribution in [0.25, 0.3) is 6.08 Å². The molecule has 2 nitrogen and oxygen atoms in total. The smallest absolute Gasteiger partial charge is 0.308 e. The molecule has 0 saturated carbocycles. The first-order chi connectivity index (χ1) is 7.04. The summed E-state index contributed by atoms with van der Waals surface area (Å²) in [6, 6.07) is 3.77. The van der Waals surface area contributed by atoms with Gasteiger partial charge in [0.25, 0.3) is 0 Å². The van der Waals surface area contributed by atoms with Crippen molar-refractivity contribution in [3.05, 3.63) is 35.4 Å². The van der Waals surface area contributed by atoms with Crippen molar-refractivity contribution in [2.24, 2.45) is 0 Å². The molecule has 0 atom stereocenters. The molecule has 1 aromatic carbocycles. The first-order valence-corrected chi connectivity index (χ1v) is 4.39. The zero-order valence-electron chi connectivity index (χ0n) is 9.63. The van der Waals surface area contributed by atoms with Crippen molar-refractivity contribution in [1.29, 1.82) is 0 Å². The average Bonchev–Trinajstić information content (AvgIpc) is 2.11. The van der Waals surface area contributed by atoms with E-state index in [1.165, 1.54) is 13.5 Å². The number of rotatable bonds is 2. The van der Waals surface area contributed by atoms with Crippen molar-refractivity contribution < 1.29 is 10.9 Å². The van der Waals surface area contributed by atoms with Crippen molar-refractivity contribution in [3.63, 3.8) is 0 Å². The third kappa shape index (κ3) is 2.22. The van der Waals surface area contributed by atoms with Crippen LogP contribution in [-0.4, -0.2) is 5.97 Å². The lowest BCUT2D eigenvalue weighted by Crippen LogP contribution is -2.04. The van der Waals surface area contributed by atoms with E-state index in [-0.39, 0.29) is 5.97 Å². The minimum Gasteiger partial charge on any atom is -0.426 e. The lowest BCUT2D eigenvalue weighted by molar-refractivity contribution is -0.131. The van der Waals surface area contributed by atoms with Gasteiger partial charge in [-0.15, -0.1) is 0 Å². The summed E-state index contributed by atoms with van der Waals surface area (Å²) >= 11 is 0. The number of ether oxygens (including phenoxy) is 1. The van der Waals surface area contributed by atoms with Gasteiger partial charge < -0.3 is 4.74 Å². The molecule has 0 heterocycles. The number of carbonyl (C=O) groups is 1. The molecular weight excluding hydrogens is 176 g/mol. The predicted molar refractivity (Wildman–Crippen MR) is 57.3 cm³/mol. The van der Waals surface area contributed by atoms with Gasteiger partial charge in [-0.3, -0.25) is 4.79 Å². The lowest BCUT2D eigenvalue weighted by Gasteiger charge is -2.09. The molecule has 0 aliphatic carbocycles. The molecule has 0 fully saturated rings.